The standard InChI is InChI=1S/C19H23FN2O4S/c1-13(12-14(2)22(24)15(3)23)16-4-8-18(9-5-16)21-27(25,26)19-10-6-17(20)7-11-19/h4-11,13-14,21,24H,12H2,1-3H3. The van der Waals surface area contributed by atoms with E-state index in [2.05, 4.69) is 4.72 Å². The highest BCUT2D eigenvalue weighted by Gasteiger charge is 2.19. The Morgan fingerprint density at radius 2 is 1.67 bits per heavy atom. The average Bonchev–Trinajstić information content (AvgIpc) is 2.61. The second-order valence-electron chi connectivity index (χ2n) is 6.53. The molecule has 0 aliphatic carbocycles. The fraction of sp³-hybridized carbons (Fsp3) is 0.316. The molecule has 27 heavy (non-hydrogen) atoms. The first-order chi connectivity index (χ1) is 12.6. The summed E-state index contributed by atoms with van der Waals surface area (Å²) in [7, 11) is -3.80. The van der Waals surface area contributed by atoms with Crippen molar-refractivity contribution in [2.75, 3.05) is 4.72 Å². The highest BCUT2D eigenvalue weighted by atomic mass is 32.2. The minimum absolute atomic E-state index is 0.0255. The Hall–Kier alpha value is -2.45. The van der Waals surface area contributed by atoms with Crippen molar-refractivity contribution in [1.82, 2.24) is 5.06 Å². The lowest BCUT2D eigenvalue weighted by atomic mass is 9.94. The first-order valence-corrected chi connectivity index (χ1v) is 9.95. The predicted molar refractivity (Wildman–Crippen MR) is 100 cm³/mol. The monoisotopic (exact) mass is 394 g/mol. The number of hydrogen-bond donors (Lipinski definition) is 2. The summed E-state index contributed by atoms with van der Waals surface area (Å²) in [5.74, 6) is -0.871. The number of sulfonamides is 1. The summed E-state index contributed by atoms with van der Waals surface area (Å²) >= 11 is 0. The van der Waals surface area contributed by atoms with Crippen LogP contribution in [-0.4, -0.2) is 30.6 Å². The minimum atomic E-state index is -3.80. The van der Waals surface area contributed by atoms with Crippen molar-refractivity contribution in [3.05, 3.63) is 59.9 Å². The third kappa shape index (κ3) is 5.51. The van der Waals surface area contributed by atoms with E-state index < -0.39 is 21.7 Å². The SMILES string of the molecule is CC(=O)N(O)C(C)CC(C)c1ccc(NS(=O)(=O)c2ccc(F)cc2)cc1. The maximum absolute atomic E-state index is 13.0. The molecule has 0 heterocycles. The van der Waals surface area contributed by atoms with Crippen LogP contribution in [0.4, 0.5) is 10.1 Å². The van der Waals surface area contributed by atoms with Crippen molar-refractivity contribution in [2.45, 2.75) is 44.0 Å². The van der Waals surface area contributed by atoms with Crippen LogP contribution in [0.1, 0.15) is 38.7 Å². The summed E-state index contributed by atoms with van der Waals surface area (Å²) in [6.07, 6.45) is 0.552. The molecule has 8 heteroatoms. The molecule has 0 spiro atoms. The molecule has 0 aromatic heterocycles. The summed E-state index contributed by atoms with van der Waals surface area (Å²) in [6.45, 7) is 5.01. The Balaban J connectivity index is 2.06. The van der Waals surface area contributed by atoms with Gasteiger partial charge in [0, 0.05) is 12.6 Å². The summed E-state index contributed by atoms with van der Waals surface area (Å²) in [6, 6.07) is 11.1. The Bertz CT molecular complexity index is 883. The second-order valence-corrected chi connectivity index (χ2v) is 8.21. The van der Waals surface area contributed by atoms with Crippen LogP contribution in [0.15, 0.2) is 53.4 Å². The van der Waals surface area contributed by atoms with E-state index in [4.69, 9.17) is 0 Å². The number of hydrogen-bond acceptors (Lipinski definition) is 4. The molecule has 0 aliphatic heterocycles. The number of halogens is 1. The molecule has 1 amide bonds. The van der Waals surface area contributed by atoms with E-state index >= 15 is 0 Å². The van der Waals surface area contributed by atoms with E-state index in [1.165, 1.54) is 19.1 Å². The number of rotatable bonds is 7. The number of anilines is 1. The highest BCUT2D eigenvalue weighted by molar-refractivity contribution is 7.92. The Morgan fingerprint density at radius 1 is 1.11 bits per heavy atom. The molecule has 2 N–H and O–H groups in total. The number of nitrogens with zero attached hydrogens (tertiary/aromatic N) is 1. The number of benzene rings is 2. The molecule has 6 nitrogen and oxygen atoms in total. The van der Waals surface area contributed by atoms with Crippen LogP contribution in [0.3, 0.4) is 0 Å². The quantitative estimate of drug-likeness (QED) is 0.553. The molecular formula is C19H23FN2O4S. The lowest BCUT2D eigenvalue weighted by Gasteiger charge is -2.24. The van der Waals surface area contributed by atoms with Gasteiger partial charge in [0.05, 0.1) is 10.9 Å². The third-order valence-electron chi connectivity index (χ3n) is 4.29. The van der Waals surface area contributed by atoms with E-state index in [0.717, 1.165) is 17.7 Å². The molecule has 2 aromatic carbocycles. The summed E-state index contributed by atoms with van der Waals surface area (Å²) in [5, 5.41) is 10.4. The maximum Gasteiger partial charge on any atom is 0.261 e. The van der Waals surface area contributed by atoms with E-state index in [1.807, 2.05) is 6.92 Å². The predicted octanol–water partition coefficient (Wildman–Crippen LogP) is 3.75. The molecule has 0 bridgehead atoms. The first-order valence-electron chi connectivity index (χ1n) is 8.47. The number of nitrogens with one attached hydrogen (secondary N) is 1. The van der Waals surface area contributed by atoms with Gasteiger partial charge in [-0.2, -0.15) is 0 Å². The van der Waals surface area contributed by atoms with E-state index in [1.54, 1.807) is 31.2 Å². The summed E-state index contributed by atoms with van der Waals surface area (Å²) in [4.78, 5) is 11.2. The van der Waals surface area contributed by atoms with Crippen LogP contribution in [0, 0.1) is 5.82 Å². The molecular weight excluding hydrogens is 371 g/mol. The van der Waals surface area contributed by atoms with Gasteiger partial charge in [0.25, 0.3) is 10.0 Å². The van der Waals surface area contributed by atoms with E-state index in [-0.39, 0.29) is 16.9 Å². The van der Waals surface area contributed by atoms with Crippen LogP contribution >= 0.6 is 0 Å². The highest BCUT2D eigenvalue weighted by Crippen LogP contribution is 2.25. The molecule has 0 saturated heterocycles. The summed E-state index contributed by atoms with van der Waals surface area (Å²) < 4.78 is 40.0. The van der Waals surface area contributed by atoms with Crippen molar-refractivity contribution in [3.63, 3.8) is 0 Å². The Morgan fingerprint density at radius 3 is 2.19 bits per heavy atom. The molecule has 0 saturated carbocycles. The zero-order valence-electron chi connectivity index (χ0n) is 15.4. The van der Waals surface area contributed by atoms with Gasteiger partial charge in [-0.25, -0.2) is 17.9 Å². The van der Waals surface area contributed by atoms with Gasteiger partial charge in [0.1, 0.15) is 5.82 Å². The van der Waals surface area contributed by atoms with Crippen molar-refractivity contribution >= 4 is 21.6 Å². The fourth-order valence-electron chi connectivity index (χ4n) is 2.77. The van der Waals surface area contributed by atoms with Crippen LogP contribution in [0.25, 0.3) is 0 Å². The Kier molecular flexibility index (Phi) is 6.56. The van der Waals surface area contributed by atoms with Crippen LogP contribution in [0.2, 0.25) is 0 Å². The van der Waals surface area contributed by atoms with Crippen LogP contribution < -0.4 is 4.72 Å². The summed E-state index contributed by atoms with van der Waals surface area (Å²) in [5.41, 5.74) is 1.33. The zero-order chi connectivity index (χ0) is 20.2. The number of amides is 1. The van der Waals surface area contributed by atoms with Gasteiger partial charge in [-0.15, -0.1) is 0 Å². The molecule has 2 unspecified atom stereocenters. The number of hydroxylamine groups is 2. The van der Waals surface area contributed by atoms with Crippen LogP contribution in [0.5, 0.6) is 0 Å². The van der Waals surface area contributed by atoms with Crippen molar-refractivity contribution in [1.29, 1.82) is 0 Å². The van der Waals surface area contributed by atoms with Gasteiger partial charge in [-0.1, -0.05) is 19.1 Å². The molecule has 2 rings (SSSR count). The third-order valence-corrected chi connectivity index (χ3v) is 5.69. The molecule has 146 valence electrons. The smallest absolute Gasteiger partial charge is 0.261 e. The lowest BCUT2D eigenvalue weighted by molar-refractivity contribution is -0.172. The average molecular weight is 394 g/mol. The van der Waals surface area contributed by atoms with Gasteiger partial charge >= 0.3 is 0 Å². The van der Waals surface area contributed by atoms with Crippen molar-refractivity contribution < 1.29 is 22.8 Å². The molecule has 0 fully saturated rings. The Labute approximate surface area is 158 Å². The topological polar surface area (TPSA) is 86.7 Å². The second kappa shape index (κ2) is 8.49. The van der Waals surface area contributed by atoms with E-state index in [9.17, 15) is 22.8 Å². The lowest BCUT2D eigenvalue weighted by Crippen LogP contribution is -2.34. The number of carbonyl (C=O) groups is 1. The molecule has 0 radical (unpaired) electrons. The largest absolute Gasteiger partial charge is 0.286 e. The molecule has 2 atom stereocenters. The van der Waals surface area contributed by atoms with Gasteiger partial charge in [-0.3, -0.25) is 14.7 Å². The van der Waals surface area contributed by atoms with E-state index in [0.29, 0.717) is 17.2 Å². The van der Waals surface area contributed by atoms with Crippen molar-refractivity contribution in [2.24, 2.45) is 0 Å². The molecule has 2 aromatic rings. The van der Waals surface area contributed by atoms with Gasteiger partial charge < -0.3 is 0 Å². The normalized spacial score (nSPS) is 13.7. The van der Waals surface area contributed by atoms with Gasteiger partial charge in [0.15, 0.2) is 0 Å². The number of carbonyl (C=O) groups excluding carboxylic acids is 1. The van der Waals surface area contributed by atoms with Gasteiger partial charge in [-0.05, 0) is 61.2 Å². The zero-order valence-corrected chi connectivity index (χ0v) is 16.2. The maximum atomic E-state index is 13.0. The van der Waals surface area contributed by atoms with Crippen molar-refractivity contribution in [3.8, 4) is 0 Å². The van der Waals surface area contributed by atoms with Gasteiger partial charge in [0.2, 0.25) is 5.91 Å². The fourth-order valence-corrected chi connectivity index (χ4v) is 3.82. The van der Waals surface area contributed by atoms with Crippen LogP contribution in [-0.2, 0) is 14.8 Å². The minimum Gasteiger partial charge on any atom is -0.286 e. The first kappa shape index (κ1) is 20.9. The molecule has 0 aliphatic rings.